The van der Waals surface area contributed by atoms with E-state index in [2.05, 4.69) is 20.4 Å². The third kappa shape index (κ3) is 4.78. The van der Waals surface area contributed by atoms with Crippen molar-refractivity contribution in [2.75, 3.05) is 6.54 Å². The third-order valence-electron chi connectivity index (χ3n) is 4.89. The number of aromatic nitrogens is 2. The van der Waals surface area contributed by atoms with Crippen LogP contribution in [0.3, 0.4) is 0 Å². The monoisotopic (exact) mass is 487 g/mol. The molecule has 180 valence electrons. The van der Waals surface area contributed by atoms with Crippen LogP contribution in [0.2, 0.25) is 0 Å². The van der Waals surface area contributed by atoms with E-state index >= 15 is 8.78 Å². The first kappa shape index (κ1) is 24.9. The number of pyridine rings is 2. The second-order valence-corrected chi connectivity index (χ2v) is 7.08. The lowest BCUT2D eigenvalue weighted by Gasteiger charge is -2.36. The summed E-state index contributed by atoms with van der Waals surface area (Å²) in [6.07, 6.45) is -2.32. The molecule has 0 amide bonds. The van der Waals surface area contributed by atoms with Crippen molar-refractivity contribution in [3.05, 3.63) is 83.3 Å². The maximum Gasteiger partial charge on any atom is 0.417 e. The molecule has 0 radical (unpaired) electrons. The maximum absolute atomic E-state index is 15.5. The molecule has 13 heteroatoms. The highest BCUT2D eigenvalue weighted by atomic mass is 19.4. The molecular formula is C21H16F7N5O. The van der Waals surface area contributed by atoms with E-state index in [1.165, 1.54) is 0 Å². The summed E-state index contributed by atoms with van der Waals surface area (Å²) in [4.78, 5) is 7.27. The Hall–Kier alpha value is -3.74. The average Bonchev–Trinajstić information content (AvgIpc) is 2.78. The molecular weight excluding hydrogens is 471 g/mol. The first-order chi connectivity index (χ1) is 15.9. The van der Waals surface area contributed by atoms with Crippen molar-refractivity contribution in [2.45, 2.75) is 17.7 Å². The van der Waals surface area contributed by atoms with E-state index in [0.29, 0.717) is 24.4 Å². The lowest BCUT2D eigenvalue weighted by atomic mass is 9.84. The number of benzene rings is 1. The molecule has 1 unspecified atom stereocenters. The molecule has 0 saturated heterocycles. The molecule has 0 spiro atoms. The Morgan fingerprint density at radius 2 is 1.71 bits per heavy atom. The zero-order chi connectivity index (χ0) is 25.1. The number of rotatable bonds is 7. The molecule has 4 N–H and O–H groups in total. The molecule has 3 aromatic rings. The van der Waals surface area contributed by atoms with Crippen LogP contribution in [0.1, 0.15) is 16.8 Å². The normalized spacial score (nSPS) is 14.2. The fraction of sp³-hybridized carbons (Fsp3) is 0.190. The van der Waals surface area contributed by atoms with Crippen LogP contribution >= 0.6 is 0 Å². The average molecular weight is 487 g/mol. The van der Waals surface area contributed by atoms with Gasteiger partial charge in [-0.15, -0.1) is 0 Å². The Morgan fingerprint density at radius 3 is 2.24 bits per heavy atom. The van der Waals surface area contributed by atoms with Crippen molar-refractivity contribution in [2.24, 2.45) is 10.9 Å². The molecule has 1 atom stereocenters. The van der Waals surface area contributed by atoms with Crippen molar-refractivity contribution in [1.29, 1.82) is 0 Å². The van der Waals surface area contributed by atoms with Crippen molar-refractivity contribution >= 4 is 6.34 Å². The third-order valence-corrected chi connectivity index (χ3v) is 4.89. The van der Waals surface area contributed by atoms with Crippen LogP contribution in [0.15, 0.2) is 60.0 Å². The number of nitrogens with two attached hydrogens (primary N) is 1. The first-order valence-corrected chi connectivity index (χ1v) is 9.41. The lowest BCUT2D eigenvalue weighted by molar-refractivity contribution is -0.195. The molecule has 0 fully saturated rings. The van der Waals surface area contributed by atoms with Crippen molar-refractivity contribution < 1.29 is 35.8 Å². The van der Waals surface area contributed by atoms with Crippen molar-refractivity contribution in [3.8, 4) is 11.3 Å². The minimum atomic E-state index is -4.60. The van der Waals surface area contributed by atoms with Crippen LogP contribution < -0.4 is 11.2 Å². The largest absolute Gasteiger partial charge is 0.417 e. The predicted octanol–water partition coefficient (Wildman–Crippen LogP) is 3.91. The molecule has 0 aliphatic carbocycles. The van der Waals surface area contributed by atoms with Crippen LogP contribution in [0, 0.1) is 11.6 Å². The highest BCUT2D eigenvalue weighted by Crippen LogP contribution is 2.45. The standard InChI is InChI=1S/C21H16F7N5O/c22-14-3-4-15(16(23)7-14)19(34,10-30-11-33-29)20(24,25)18-6-1-12(8-32-18)17-5-2-13(9-31-17)21(26,27)28/h1-9,11,34H,10,29H2,(H,30,33). The molecule has 1 aromatic carbocycles. The molecule has 0 saturated carbocycles. The summed E-state index contributed by atoms with van der Waals surface area (Å²) >= 11 is 0. The van der Waals surface area contributed by atoms with E-state index in [4.69, 9.17) is 5.84 Å². The molecule has 0 bridgehead atoms. The van der Waals surface area contributed by atoms with Gasteiger partial charge < -0.3 is 16.3 Å². The second-order valence-electron chi connectivity index (χ2n) is 7.08. The minimum Gasteiger partial charge on any atom is -0.377 e. The number of hydrogen-bond donors (Lipinski definition) is 3. The van der Waals surface area contributed by atoms with Gasteiger partial charge in [0.15, 0.2) is 5.60 Å². The van der Waals surface area contributed by atoms with Gasteiger partial charge in [-0.3, -0.25) is 9.97 Å². The summed E-state index contributed by atoms with van der Waals surface area (Å²) in [5, 5.41) is 16.2. The quantitative estimate of drug-likeness (QED) is 0.154. The van der Waals surface area contributed by atoms with Gasteiger partial charge in [0.25, 0.3) is 0 Å². The summed E-state index contributed by atoms with van der Waals surface area (Å²) in [6, 6.07) is 5.41. The SMILES string of the molecule is N/N=C\NCC(O)(c1ccc(F)cc1F)C(F)(F)c1ccc(-c2ccc(C(F)(F)F)cn2)cn1. The van der Waals surface area contributed by atoms with Gasteiger partial charge in [-0.25, -0.2) is 8.78 Å². The Bertz CT molecular complexity index is 1170. The molecule has 0 aliphatic heterocycles. The Balaban J connectivity index is 1.99. The Morgan fingerprint density at radius 1 is 0.971 bits per heavy atom. The van der Waals surface area contributed by atoms with Crippen LogP contribution in [0.4, 0.5) is 30.7 Å². The van der Waals surface area contributed by atoms with E-state index in [1.807, 2.05) is 0 Å². The fourth-order valence-electron chi connectivity index (χ4n) is 3.12. The van der Waals surface area contributed by atoms with E-state index < -0.39 is 52.7 Å². The number of nitrogens with one attached hydrogen (secondary N) is 1. The van der Waals surface area contributed by atoms with E-state index in [9.17, 15) is 27.1 Å². The Kier molecular flexibility index (Phi) is 6.77. The number of hydrogen-bond acceptors (Lipinski definition) is 5. The zero-order valence-corrected chi connectivity index (χ0v) is 17.0. The zero-order valence-electron chi connectivity index (χ0n) is 17.0. The van der Waals surface area contributed by atoms with Gasteiger partial charge >= 0.3 is 12.1 Å². The number of alkyl halides is 5. The highest BCUT2D eigenvalue weighted by Gasteiger charge is 2.57. The number of aliphatic hydroxyl groups is 1. The van der Waals surface area contributed by atoms with E-state index in [0.717, 1.165) is 36.8 Å². The summed E-state index contributed by atoms with van der Waals surface area (Å²) in [6.45, 7) is -0.993. The highest BCUT2D eigenvalue weighted by molar-refractivity contribution is 5.58. The molecule has 2 aromatic heterocycles. The molecule has 0 aliphatic rings. The van der Waals surface area contributed by atoms with Gasteiger partial charge in [0.05, 0.1) is 17.8 Å². The molecule has 6 nitrogen and oxygen atoms in total. The number of hydrazone groups is 1. The van der Waals surface area contributed by atoms with Crippen LogP contribution in [0.25, 0.3) is 11.3 Å². The number of halogens is 7. The minimum absolute atomic E-state index is 0.0241. The van der Waals surface area contributed by atoms with Gasteiger partial charge in [-0.2, -0.15) is 27.1 Å². The maximum atomic E-state index is 15.5. The lowest BCUT2D eigenvalue weighted by Crippen LogP contribution is -2.51. The van der Waals surface area contributed by atoms with E-state index in [-0.39, 0.29) is 11.3 Å². The predicted molar refractivity (Wildman–Crippen MR) is 107 cm³/mol. The second kappa shape index (κ2) is 9.25. The fourth-order valence-corrected chi connectivity index (χ4v) is 3.12. The van der Waals surface area contributed by atoms with Gasteiger partial charge in [0.1, 0.15) is 23.7 Å². The topological polar surface area (TPSA) is 96.4 Å². The van der Waals surface area contributed by atoms with Crippen LogP contribution in [0.5, 0.6) is 0 Å². The van der Waals surface area contributed by atoms with Crippen molar-refractivity contribution in [3.63, 3.8) is 0 Å². The van der Waals surface area contributed by atoms with Gasteiger partial charge in [-0.05, 0) is 36.4 Å². The summed E-state index contributed by atoms with van der Waals surface area (Å²) in [5.41, 5.74) is -6.05. The van der Waals surface area contributed by atoms with Crippen LogP contribution in [-0.4, -0.2) is 28.0 Å². The van der Waals surface area contributed by atoms with Crippen LogP contribution in [-0.2, 0) is 17.7 Å². The molecule has 3 rings (SSSR count). The van der Waals surface area contributed by atoms with Gasteiger partial charge in [-0.1, -0.05) is 0 Å². The molecule has 34 heavy (non-hydrogen) atoms. The number of nitrogens with zero attached hydrogens (tertiary/aromatic N) is 3. The molecule has 2 heterocycles. The van der Waals surface area contributed by atoms with E-state index in [1.54, 1.807) is 0 Å². The summed E-state index contributed by atoms with van der Waals surface area (Å²) in [5.74, 6) is -1.82. The van der Waals surface area contributed by atoms with Crippen molar-refractivity contribution in [1.82, 2.24) is 15.3 Å². The summed E-state index contributed by atoms with van der Waals surface area (Å²) in [7, 11) is 0. The first-order valence-electron chi connectivity index (χ1n) is 9.41. The Labute approximate surface area is 188 Å². The smallest absolute Gasteiger partial charge is 0.377 e. The summed E-state index contributed by atoms with van der Waals surface area (Å²) < 4.78 is 96.7. The van der Waals surface area contributed by atoms with Gasteiger partial charge in [0.2, 0.25) is 0 Å². The van der Waals surface area contributed by atoms with Gasteiger partial charge in [0, 0.05) is 29.6 Å².